The fourth-order valence-corrected chi connectivity index (χ4v) is 1.32. The molecule has 0 spiro atoms. The molecule has 0 aliphatic rings. The van der Waals surface area contributed by atoms with Crippen molar-refractivity contribution in [2.24, 2.45) is 0 Å². The maximum Gasteiger partial charge on any atom is 0.573 e. The standard InChI is InChI=1S/C11H6F3NO4/c1-18-10(17)9-7(5-16)2-6(4-15)3-8(9)19-11(12,13)14/h2-3,5H,1H3. The SMILES string of the molecule is COC(=O)c1c(C=O)cc(C#N)cc1OC(F)(F)F. The molecule has 0 saturated heterocycles. The zero-order valence-electron chi connectivity index (χ0n) is 9.45. The van der Waals surface area contributed by atoms with E-state index in [9.17, 15) is 22.8 Å². The van der Waals surface area contributed by atoms with E-state index in [1.165, 1.54) is 0 Å². The highest BCUT2D eigenvalue weighted by Gasteiger charge is 2.34. The highest BCUT2D eigenvalue weighted by molar-refractivity contribution is 6.01. The molecule has 0 saturated carbocycles. The van der Waals surface area contributed by atoms with Crippen LogP contribution in [0.2, 0.25) is 0 Å². The molecule has 0 aliphatic carbocycles. The van der Waals surface area contributed by atoms with Gasteiger partial charge in [0.25, 0.3) is 0 Å². The summed E-state index contributed by atoms with van der Waals surface area (Å²) in [5.41, 5.74) is -1.37. The summed E-state index contributed by atoms with van der Waals surface area (Å²) in [7, 11) is 0.937. The normalized spacial score (nSPS) is 10.5. The Morgan fingerprint density at radius 1 is 1.42 bits per heavy atom. The van der Waals surface area contributed by atoms with Gasteiger partial charge in [0.1, 0.15) is 11.3 Å². The van der Waals surface area contributed by atoms with Crippen LogP contribution in [0.25, 0.3) is 0 Å². The van der Waals surface area contributed by atoms with Gasteiger partial charge in [0.05, 0.1) is 18.7 Å². The molecule has 8 heteroatoms. The number of methoxy groups -OCH3 is 1. The van der Waals surface area contributed by atoms with E-state index in [2.05, 4.69) is 9.47 Å². The van der Waals surface area contributed by atoms with Crippen LogP contribution in [0.1, 0.15) is 26.3 Å². The van der Waals surface area contributed by atoms with E-state index in [0.717, 1.165) is 13.2 Å². The van der Waals surface area contributed by atoms with Crippen molar-refractivity contribution in [3.05, 3.63) is 28.8 Å². The quantitative estimate of drug-likeness (QED) is 0.622. The summed E-state index contributed by atoms with van der Waals surface area (Å²) in [5, 5.41) is 8.65. The van der Waals surface area contributed by atoms with Crippen molar-refractivity contribution in [3.63, 3.8) is 0 Å². The first kappa shape index (κ1) is 14.5. The van der Waals surface area contributed by atoms with E-state index < -0.39 is 29.2 Å². The number of nitriles is 1. The largest absolute Gasteiger partial charge is 0.573 e. The lowest BCUT2D eigenvalue weighted by Crippen LogP contribution is -2.20. The fraction of sp³-hybridized carbons (Fsp3) is 0.182. The summed E-state index contributed by atoms with van der Waals surface area (Å²) in [6.07, 6.45) is -4.94. The zero-order valence-corrected chi connectivity index (χ0v) is 9.45. The van der Waals surface area contributed by atoms with E-state index in [1.54, 1.807) is 6.07 Å². The van der Waals surface area contributed by atoms with Crippen LogP contribution in [0.15, 0.2) is 12.1 Å². The van der Waals surface area contributed by atoms with Crippen molar-refractivity contribution in [3.8, 4) is 11.8 Å². The van der Waals surface area contributed by atoms with E-state index in [4.69, 9.17) is 5.26 Å². The van der Waals surface area contributed by atoms with Crippen molar-refractivity contribution in [2.45, 2.75) is 6.36 Å². The van der Waals surface area contributed by atoms with Gasteiger partial charge in [-0.05, 0) is 12.1 Å². The number of carbonyl (C=O) groups is 2. The van der Waals surface area contributed by atoms with E-state index >= 15 is 0 Å². The number of hydrogen-bond acceptors (Lipinski definition) is 5. The van der Waals surface area contributed by atoms with Crippen molar-refractivity contribution in [1.82, 2.24) is 0 Å². The second-order valence-corrected chi connectivity index (χ2v) is 3.21. The molecule has 0 N–H and O–H groups in total. The number of nitrogens with zero attached hydrogens (tertiary/aromatic N) is 1. The van der Waals surface area contributed by atoms with Gasteiger partial charge in [-0.1, -0.05) is 0 Å². The van der Waals surface area contributed by atoms with Gasteiger partial charge in [-0.25, -0.2) is 4.79 Å². The molecule has 0 heterocycles. The second kappa shape index (κ2) is 5.39. The first-order valence-electron chi connectivity index (χ1n) is 4.69. The third-order valence-corrected chi connectivity index (χ3v) is 2.00. The number of carbonyl (C=O) groups excluding carboxylic acids is 2. The van der Waals surface area contributed by atoms with Crippen molar-refractivity contribution < 1.29 is 32.2 Å². The number of ether oxygens (including phenoxy) is 2. The zero-order chi connectivity index (χ0) is 14.6. The molecule has 19 heavy (non-hydrogen) atoms. The maximum absolute atomic E-state index is 12.2. The molecular formula is C11H6F3NO4. The number of benzene rings is 1. The summed E-state index contributed by atoms with van der Waals surface area (Å²) >= 11 is 0. The van der Waals surface area contributed by atoms with Gasteiger partial charge in [0.2, 0.25) is 0 Å². The molecule has 0 aromatic heterocycles. The summed E-state index contributed by atoms with van der Waals surface area (Å²) in [5.74, 6) is -2.13. The molecule has 0 fully saturated rings. The Hall–Kier alpha value is -2.56. The topological polar surface area (TPSA) is 76.4 Å². The number of aldehydes is 1. The van der Waals surface area contributed by atoms with Crippen LogP contribution < -0.4 is 4.74 Å². The maximum atomic E-state index is 12.2. The fourth-order valence-electron chi connectivity index (χ4n) is 1.32. The third-order valence-electron chi connectivity index (χ3n) is 2.00. The Morgan fingerprint density at radius 2 is 2.05 bits per heavy atom. The van der Waals surface area contributed by atoms with Gasteiger partial charge in [0.15, 0.2) is 6.29 Å². The number of esters is 1. The van der Waals surface area contributed by atoms with Gasteiger partial charge in [0, 0.05) is 5.56 Å². The lowest BCUT2D eigenvalue weighted by atomic mass is 10.0. The smallest absolute Gasteiger partial charge is 0.465 e. The van der Waals surface area contributed by atoms with E-state index in [1.807, 2.05) is 0 Å². The molecule has 100 valence electrons. The summed E-state index contributed by atoms with van der Waals surface area (Å²) < 4.78 is 44.6. The second-order valence-electron chi connectivity index (χ2n) is 3.21. The molecule has 1 rings (SSSR count). The lowest BCUT2D eigenvalue weighted by molar-refractivity contribution is -0.274. The van der Waals surface area contributed by atoms with Crippen LogP contribution in [0.5, 0.6) is 5.75 Å². The minimum absolute atomic E-state index is 0.135. The summed E-state index contributed by atoms with van der Waals surface area (Å²) in [4.78, 5) is 22.2. The highest BCUT2D eigenvalue weighted by Crippen LogP contribution is 2.30. The minimum Gasteiger partial charge on any atom is -0.465 e. The average Bonchev–Trinajstić information content (AvgIpc) is 2.34. The van der Waals surface area contributed by atoms with E-state index in [0.29, 0.717) is 6.07 Å². The van der Waals surface area contributed by atoms with Crippen LogP contribution in [0.4, 0.5) is 13.2 Å². The molecule has 0 aliphatic heterocycles. The van der Waals surface area contributed by atoms with Gasteiger partial charge in [-0.2, -0.15) is 5.26 Å². The number of halogens is 3. The molecule has 0 amide bonds. The predicted molar refractivity (Wildman–Crippen MR) is 54.6 cm³/mol. The summed E-state index contributed by atoms with van der Waals surface area (Å²) in [6, 6.07) is 3.22. The Balaban J connectivity index is 3.51. The van der Waals surface area contributed by atoms with Crippen molar-refractivity contribution in [2.75, 3.05) is 7.11 Å². The Labute approximate surface area is 105 Å². The number of alkyl halides is 3. The summed E-state index contributed by atoms with van der Waals surface area (Å²) in [6.45, 7) is 0. The van der Waals surface area contributed by atoms with Gasteiger partial charge < -0.3 is 9.47 Å². The Bertz CT molecular complexity index is 560. The van der Waals surface area contributed by atoms with Crippen LogP contribution in [-0.2, 0) is 4.74 Å². The van der Waals surface area contributed by atoms with Crippen LogP contribution in [0, 0.1) is 11.3 Å². The van der Waals surface area contributed by atoms with Crippen LogP contribution >= 0.6 is 0 Å². The molecule has 1 aromatic carbocycles. The molecule has 0 atom stereocenters. The van der Waals surface area contributed by atoms with Crippen molar-refractivity contribution in [1.29, 1.82) is 5.26 Å². The molecule has 1 aromatic rings. The van der Waals surface area contributed by atoms with E-state index in [-0.39, 0.29) is 11.8 Å². The van der Waals surface area contributed by atoms with Gasteiger partial charge in [-0.15, -0.1) is 13.2 Å². The van der Waals surface area contributed by atoms with Crippen molar-refractivity contribution >= 4 is 12.3 Å². The Kier molecular flexibility index (Phi) is 4.11. The van der Waals surface area contributed by atoms with Gasteiger partial charge in [-0.3, -0.25) is 4.79 Å². The highest BCUT2D eigenvalue weighted by atomic mass is 19.4. The molecule has 5 nitrogen and oxygen atoms in total. The van der Waals surface area contributed by atoms with Crippen LogP contribution in [-0.4, -0.2) is 25.7 Å². The number of hydrogen-bond donors (Lipinski definition) is 0. The molecule has 0 unspecified atom stereocenters. The third kappa shape index (κ3) is 3.45. The predicted octanol–water partition coefficient (Wildman–Crippen LogP) is 2.06. The lowest BCUT2D eigenvalue weighted by Gasteiger charge is -2.13. The molecular weight excluding hydrogens is 267 g/mol. The van der Waals surface area contributed by atoms with Crippen LogP contribution in [0.3, 0.4) is 0 Å². The minimum atomic E-state index is -5.07. The monoisotopic (exact) mass is 273 g/mol. The first-order valence-corrected chi connectivity index (χ1v) is 4.69. The number of rotatable bonds is 3. The van der Waals surface area contributed by atoms with Gasteiger partial charge >= 0.3 is 12.3 Å². The average molecular weight is 273 g/mol. The molecule has 0 bridgehead atoms. The first-order chi connectivity index (χ1) is 8.82. The Morgan fingerprint density at radius 3 is 2.47 bits per heavy atom. The molecule has 0 radical (unpaired) electrons.